The summed E-state index contributed by atoms with van der Waals surface area (Å²) in [5.41, 5.74) is 1.14. The van der Waals surface area contributed by atoms with Crippen molar-refractivity contribution in [2.24, 2.45) is 0 Å². The minimum Gasteiger partial charge on any atom is -0.497 e. The third-order valence-corrected chi connectivity index (χ3v) is 5.32. The predicted molar refractivity (Wildman–Crippen MR) is 99.2 cm³/mol. The molecule has 0 amide bonds. The minimum absolute atomic E-state index is 0.241. The first-order chi connectivity index (χ1) is 12.2. The summed E-state index contributed by atoms with van der Waals surface area (Å²) >= 11 is 1.46. The van der Waals surface area contributed by atoms with E-state index < -0.39 is 11.6 Å². The molecular formula is C21H14F2OS. The highest BCUT2D eigenvalue weighted by Gasteiger charge is 2.17. The normalized spacial score (nSPS) is 11.0. The summed E-state index contributed by atoms with van der Waals surface area (Å²) < 4.78 is 35.5. The van der Waals surface area contributed by atoms with Crippen LogP contribution in [0.1, 0.15) is 0 Å². The number of ether oxygens (including phenoxy) is 1. The van der Waals surface area contributed by atoms with E-state index in [0.717, 1.165) is 15.0 Å². The molecule has 1 aromatic heterocycles. The molecule has 4 rings (SSSR count). The Labute approximate surface area is 148 Å². The molecule has 0 N–H and O–H groups in total. The van der Waals surface area contributed by atoms with Gasteiger partial charge in [0.15, 0.2) is 11.6 Å². The van der Waals surface area contributed by atoms with Crippen molar-refractivity contribution in [1.82, 2.24) is 0 Å². The molecule has 25 heavy (non-hydrogen) atoms. The number of thiophene rings is 1. The summed E-state index contributed by atoms with van der Waals surface area (Å²) in [5.74, 6) is -0.980. The van der Waals surface area contributed by atoms with E-state index >= 15 is 0 Å². The molecule has 0 aliphatic heterocycles. The van der Waals surface area contributed by atoms with Gasteiger partial charge in [0.2, 0.25) is 0 Å². The van der Waals surface area contributed by atoms with E-state index in [0.29, 0.717) is 11.3 Å². The van der Waals surface area contributed by atoms with Crippen LogP contribution in [0.3, 0.4) is 0 Å². The molecule has 4 heteroatoms. The fourth-order valence-electron chi connectivity index (χ4n) is 2.85. The topological polar surface area (TPSA) is 9.23 Å². The second kappa shape index (κ2) is 6.30. The van der Waals surface area contributed by atoms with Gasteiger partial charge >= 0.3 is 0 Å². The number of methoxy groups -OCH3 is 1. The summed E-state index contributed by atoms with van der Waals surface area (Å²) in [6.07, 6.45) is 0. The molecule has 0 radical (unpaired) electrons. The van der Waals surface area contributed by atoms with Crippen LogP contribution < -0.4 is 4.74 Å². The lowest BCUT2D eigenvalue weighted by molar-refractivity contribution is 0.415. The summed E-state index contributed by atoms with van der Waals surface area (Å²) in [4.78, 5) is 0.721. The van der Waals surface area contributed by atoms with Gasteiger partial charge in [0.05, 0.1) is 7.11 Å². The third kappa shape index (κ3) is 2.79. The maximum absolute atomic E-state index is 14.7. The summed E-state index contributed by atoms with van der Waals surface area (Å²) in [6.45, 7) is 0. The van der Waals surface area contributed by atoms with E-state index in [-0.39, 0.29) is 11.1 Å². The quantitative estimate of drug-likeness (QED) is 0.408. The zero-order valence-electron chi connectivity index (χ0n) is 13.4. The molecule has 0 aliphatic rings. The summed E-state index contributed by atoms with van der Waals surface area (Å²) in [5, 5.41) is 1.03. The van der Waals surface area contributed by atoms with E-state index in [1.165, 1.54) is 11.3 Å². The minimum atomic E-state index is -0.833. The van der Waals surface area contributed by atoms with Gasteiger partial charge in [-0.05, 0) is 41.3 Å². The number of halogens is 2. The highest BCUT2D eigenvalue weighted by atomic mass is 32.1. The number of rotatable bonds is 3. The van der Waals surface area contributed by atoms with Crippen LogP contribution in [0.15, 0.2) is 66.7 Å². The Morgan fingerprint density at radius 1 is 0.800 bits per heavy atom. The van der Waals surface area contributed by atoms with E-state index in [9.17, 15) is 8.78 Å². The van der Waals surface area contributed by atoms with Crippen molar-refractivity contribution >= 4 is 21.4 Å². The van der Waals surface area contributed by atoms with Crippen molar-refractivity contribution in [3.63, 3.8) is 0 Å². The number of fused-ring (bicyclic) bond motifs is 1. The largest absolute Gasteiger partial charge is 0.497 e. The first kappa shape index (κ1) is 15.8. The lowest BCUT2D eigenvalue weighted by Gasteiger charge is -2.08. The lowest BCUT2D eigenvalue weighted by atomic mass is 10.0. The molecule has 0 spiro atoms. The van der Waals surface area contributed by atoms with E-state index in [1.54, 1.807) is 43.5 Å². The molecule has 1 nitrogen and oxygen atoms in total. The Morgan fingerprint density at radius 3 is 2.20 bits per heavy atom. The zero-order valence-corrected chi connectivity index (χ0v) is 14.2. The van der Waals surface area contributed by atoms with E-state index in [2.05, 4.69) is 0 Å². The monoisotopic (exact) mass is 352 g/mol. The van der Waals surface area contributed by atoms with Gasteiger partial charge in [-0.1, -0.05) is 36.4 Å². The predicted octanol–water partition coefficient (Wildman–Crippen LogP) is 6.52. The molecule has 0 fully saturated rings. The van der Waals surface area contributed by atoms with Crippen molar-refractivity contribution in [2.75, 3.05) is 7.11 Å². The Bertz CT molecular complexity index is 1020. The molecular weight excluding hydrogens is 338 g/mol. The zero-order chi connectivity index (χ0) is 17.4. The summed E-state index contributed by atoms with van der Waals surface area (Å²) in [6, 6.07) is 19.9. The molecule has 0 atom stereocenters. The van der Waals surface area contributed by atoms with Crippen LogP contribution in [-0.2, 0) is 0 Å². The van der Waals surface area contributed by atoms with Crippen LogP contribution >= 0.6 is 11.3 Å². The van der Waals surface area contributed by atoms with Crippen LogP contribution in [0.2, 0.25) is 0 Å². The van der Waals surface area contributed by atoms with Gasteiger partial charge in [-0.3, -0.25) is 0 Å². The first-order valence-electron chi connectivity index (χ1n) is 7.79. The van der Waals surface area contributed by atoms with Crippen LogP contribution in [0.25, 0.3) is 31.7 Å². The number of hydrogen-bond acceptors (Lipinski definition) is 2. The maximum atomic E-state index is 14.7. The Kier molecular flexibility index (Phi) is 3.98. The molecule has 1 heterocycles. The molecule has 0 unspecified atom stereocenters. The molecule has 124 valence electrons. The Morgan fingerprint density at radius 2 is 1.48 bits per heavy atom. The molecule has 4 aromatic rings. The van der Waals surface area contributed by atoms with E-state index in [4.69, 9.17) is 4.74 Å². The van der Waals surface area contributed by atoms with Gasteiger partial charge in [0, 0.05) is 20.7 Å². The van der Waals surface area contributed by atoms with Crippen LogP contribution in [0.5, 0.6) is 5.75 Å². The standard InChI is InChI=1S/C21H14F2OS/c1-24-15-8-6-13(7-9-15)16-10-11-17(21(23)20(16)22)19-12-14-4-2-3-5-18(14)25-19/h2-12H,1H3. The van der Waals surface area contributed by atoms with Crippen molar-refractivity contribution in [2.45, 2.75) is 0 Å². The van der Waals surface area contributed by atoms with Crippen LogP contribution in [-0.4, -0.2) is 7.11 Å². The van der Waals surface area contributed by atoms with Gasteiger partial charge in [-0.25, -0.2) is 8.78 Å². The summed E-state index contributed by atoms with van der Waals surface area (Å²) in [7, 11) is 1.56. The molecule has 0 aliphatic carbocycles. The molecule has 3 aromatic carbocycles. The van der Waals surface area contributed by atoms with Gasteiger partial charge in [-0.2, -0.15) is 0 Å². The third-order valence-electron chi connectivity index (χ3n) is 4.17. The van der Waals surface area contributed by atoms with Crippen LogP contribution in [0.4, 0.5) is 8.78 Å². The van der Waals surface area contributed by atoms with Gasteiger partial charge in [0.25, 0.3) is 0 Å². The lowest BCUT2D eigenvalue weighted by Crippen LogP contribution is -1.93. The second-order valence-electron chi connectivity index (χ2n) is 5.67. The Hall–Kier alpha value is -2.72. The smallest absolute Gasteiger partial charge is 0.168 e. The van der Waals surface area contributed by atoms with Crippen molar-refractivity contribution in [3.8, 4) is 27.3 Å². The average Bonchev–Trinajstić information content (AvgIpc) is 3.08. The molecule has 0 saturated heterocycles. The van der Waals surface area contributed by atoms with Gasteiger partial charge < -0.3 is 4.74 Å². The second-order valence-corrected chi connectivity index (χ2v) is 6.75. The van der Waals surface area contributed by atoms with Crippen molar-refractivity contribution < 1.29 is 13.5 Å². The van der Waals surface area contributed by atoms with E-state index in [1.807, 2.05) is 30.3 Å². The SMILES string of the molecule is COc1ccc(-c2ccc(-c3cc4ccccc4s3)c(F)c2F)cc1. The van der Waals surface area contributed by atoms with Crippen molar-refractivity contribution in [3.05, 3.63) is 78.4 Å². The van der Waals surface area contributed by atoms with Gasteiger partial charge in [0.1, 0.15) is 5.75 Å². The molecule has 0 saturated carbocycles. The fourth-order valence-corrected chi connectivity index (χ4v) is 3.93. The first-order valence-corrected chi connectivity index (χ1v) is 8.60. The molecule has 0 bridgehead atoms. The highest BCUT2D eigenvalue weighted by Crippen LogP contribution is 2.37. The fraction of sp³-hybridized carbons (Fsp3) is 0.0476. The maximum Gasteiger partial charge on any atom is 0.168 e. The van der Waals surface area contributed by atoms with Crippen LogP contribution in [0, 0.1) is 11.6 Å². The number of benzene rings is 3. The van der Waals surface area contributed by atoms with Crippen molar-refractivity contribution in [1.29, 1.82) is 0 Å². The average molecular weight is 352 g/mol. The number of hydrogen-bond donors (Lipinski definition) is 0. The Balaban J connectivity index is 1.79. The van der Waals surface area contributed by atoms with Gasteiger partial charge in [-0.15, -0.1) is 11.3 Å². The highest BCUT2D eigenvalue weighted by molar-refractivity contribution is 7.22.